The SMILES string of the molecule is CCCCCCC(CC)OCc1ccc(OC(=O)c2ccc(OC)cc2)cc1. The molecule has 0 aliphatic rings. The summed E-state index contributed by atoms with van der Waals surface area (Å²) >= 11 is 0. The molecular formula is C24H32O4. The Hall–Kier alpha value is -2.33. The molecule has 0 N–H and O–H groups in total. The molecule has 28 heavy (non-hydrogen) atoms. The number of unbranched alkanes of at least 4 members (excludes halogenated alkanes) is 3. The van der Waals surface area contributed by atoms with Crippen LogP contribution in [0.15, 0.2) is 48.5 Å². The molecule has 1 atom stereocenters. The van der Waals surface area contributed by atoms with Gasteiger partial charge in [0, 0.05) is 0 Å². The van der Waals surface area contributed by atoms with E-state index < -0.39 is 0 Å². The van der Waals surface area contributed by atoms with E-state index in [1.165, 1.54) is 25.7 Å². The minimum Gasteiger partial charge on any atom is -0.497 e. The third-order valence-electron chi connectivity index (χ3n) is 4.78. The summed E-state index contributed by atoms with van der Waals surface area (Å²) in [6.45, 7) is 4.98. The van der Waals surface area contributed by atoms with Crippen molar-refractivity contribution in [3.8, 4) is 11.5 Å². The predicted molar refractivity (Wildman–Crippen MR) is 112 cm³/mol. The Morgan fingerprint density at radius 2 is 1.57 bits per heavy atom. The highest BCUT2D eigenvalue weighted by atomic mass is 16.5. The van der Waals surface area contributed by atoms with Crippen LogP contribution in [0.3, 0.4) is 0 Å². The third kappa shape index (κ3) is 7.35. The van der Waals surface area contributed by atoms with Crippen LogP contribution in [0.25, 0.3) is 0 Å². The lowest BCUT2D eigenvalue weighted by atomic mass is 10.1. The van der Waals surface area contributed by atoms with Gasteiger partial charge in [-0.3, -0.25) is 0 Å². The fourth-order valence-electron chi connectivity index (χ4n) is 2.96. The Kier molecular flexibility index (Phi) is 9.56. The van der Waals surface area contributed by atoms with E-state index in [2.05, 4.69) is 13.8 Å². The van der Waals surface area contributed by atoms with E-state index in [9.17, 15) is 4.79 Å². The summed E-state index contributed by atoms with van der Waals surface area (Å²) in [5.41, 5.74) is 1.57. The quantitative estimate of drug-likeness (QED) is 0.249. The van der Waals surface area contributed by atoms with Crippen LogP contribution in [0.5, 0.6) is 11.5 Å². The first-order chi connectivity index (χ1) is 13.7. The molecule has 0 aromatic heterocycles. The van der Waals surface area contributed by atoms with Crippen molar-refractivity contribution < 1.29 is 19.0 Å². The Morgan fingerprint density at radius 3 is 2.18 bits per heavy atom. The summed E-state index contributed by atoms with van der Waals surface area (Å²) in [6, 6.07) is 14.4. The van der Waals surface area contributed by atoms with Crippen molar-refractivity contribution in [2.45, 2.75) is 65.1 Å². The Labute approximate surface area is 168 Å². The molecule has 0 amide bonds. The standard InChI is InChI=1S/C24H32O4/c1-4-6-7-8-9-21(5-2)27-18-19-10-14-23(15-11-19)28-24(25)20-12-16-22(26-3)17-13-20/h10-17,21H,4-9,18H2,1-3H3. The second kappa shape index (κ2) is 12.2. The molecule has 4 nitrogen and oxygen atoms in total. The van der Waals surface area contributed by atoms with Crippen LogP contribution >= 0.6 is 0 Å². The van der Waals surface area contributed by atoms with Gasteiger partial charge in [0.05, 0.1) is 25.4 Å². The minimum absolute atomic E-state index is 0.310. The van der Waals surface area contributed by atoms with Crippen LogP contribution in [0.1, 0.15) is 68.3 Å². The molecule has 0 saturated carbocycles. The molecule has 4 heteroatoms. The third-order valence-corrected chi connectivity index (χ3v) is 4.78. The lowest BCUT2D eigenvalue weighted by Gasteiger charge is -2.16. The van der Waals surface area contributed by atoms with E-state index in [0.717, 1.165) is 18.4 Å². The number of ether oxygens (including phenoxy) is 3. The molecular weight excluding hydrogens is 352 g/mol. The van der Waals surface area contributed by atoms with Crippen LogP contribution in [-0.4, -0.2) is 19.2 Å². The highest BCUT2D eigenvalue weighted by molar-refractivity contribution is 5.91. The number of methoxy groups -OCH3 is 1. The fraction of sp³-hybridized carbons (Fsp3) is 0.458. The Balaban J connectivity index is 1.80. The first-order valence-electron chi connectivity index (χ1n) is 10.2. The molecule has 0 aliphatic heterocycles. The van der Waals surface area contributed by atoms with Crippen molar-refractivity contribution in [3.05, 3.63) is 59.7 Å². The first kappa shape index (κ1) is 22.0. The molecule has 0 fully saturated rings. The van der Waals surface area contributed by atoms with Crippen LogP contribution in [-0.2, 0) is 11.3 Å². The summed E-state index contributed by atoms with van der Waals surface area (Å²) in [7, 11) is 1.59. The van der Waals surface area contributed by atoms with Gasteiger partial charge in [-0.25, -0.2) is 4.79 Å². The number of rotatable bonds is 12. The summed E-state index contributed by atoms with van der Waals surface area (Å²) in [5, 5.41) is 0. The molecule has 0 bridgehead atoms. The van der Waals surface area contributed by atoms with Gasteiger partial charge >= 0.3 is 5.97 Å². The zero-order valence-corrected chi connectivity index (χ0v) is 17.3. The maximum absolute atomic E-state index is 12.2. The minimum atomic E-state index is -0.384. The molecule has 0 aliphatic carbocycles. The molecule has 0 spiro atoms. The van der Waals surface area contributed by atoms with Crippen molar-refractivity contribution in [3.63, 3.8) is 0 Å². The van der Waals surface area contributed by atoms with E-state index in [4.69, 9.17) is 14.2 Å². The van der Waals surface area contributed by atoms with Gasteiger partial charge in [-0.05, 0) is 54.8 Å². The van der Waals surface area contributed by atoms with Crippen molar-refractivity contribution in [1.82, 2.24) is 0 Å². The van der Waals surface area contributed by atoms with Gasteiger partial charge in [0.15, 0.2) is 0 Å². The Bertz CT molecular complexity index is 692. The average Bonchev–Trinajstić information content (AvgIpc) is 2.74. The molecule has 0 radical (unpaired) electrons. The zero-order chi connectivity index (χ0) is 20.2. The number of carbonyl (C=O) groups is 1. The summed E-state index contributed by atoms with van der Waals surface area (Å²) in [4.78, 5) is 12.2. The number of hydrogen-bond donors (Lipinski definition) is 0. The van der Waals surface area contributed by atoms with Crippen LogP contribution in [0, 0.1) is 0 Å². The summed E-state index contributed by atoms with van der Waals surface area (Å²) in [5.74, 6) is 0.845. The molecule has 2 aromatic carbocycles. The van der Waals surface area contributed by atoms with Crippen LogP contribution in [0.4, 0.5) is 0 Å². The van der Waals surface area contributed by atoms with E-state index >= 15 is 0 Å². The van der Waals surface area contributed by atoms with Crippen molar-refractivity contribution in [2.75, 3.05) is 7.11 Å². The van der Waals surface area contributed by atoms with E-state index in [1.54, 1.807) is 31.4 Å². The van der Waals surface area contributed by atoms with Crippen LogP contribution in [0.2, 0.25) is 0 Å². The largest absolute Gasteiger partial charge is 0.497 e. The van der Waals surface area contributed by atoms with Crippen molar-refractivity contribution >= 4 is 5.97 Å². The monoisotopic (exact) mass is 384 g/mol. The molecule has 2 aromatic rings. The van der Waals surface area contributed by atoms with Crippen molar-refractivity contribution in [1.29, 1.82) is 0 Å². The van der Waals surface area contributed by atoms with E-state index in [0.29, 0.717) is 29.8 Å². The maximum Gasteiger partial charge on any atom is 0.343 e. The van der Waals surface area contributed by atoms with Gasteiger partial charge in [0.2, 0.25) is 0 Å². The molecule has 1 unspecified atom stereocenters. The topological polar surface area (TPSA) is 44.8 Å². The molecule has 0 saturated heterocycles. The smallest absolute Gasteiger partial charge is 0.343 e. The number of hydrogen-bond acceptors (Lipinski definition) is 4. The highest BCUT2D eigenvalue weighted by Gasteiger charge is 2.10. The molecule has 152 valence electrons. The van der Waals surface area contributed by atoms with Gasteiger partial charge < -0.3 is 14.2 Å². The fourth-order valence-corrected chi connectivity index (χ4v) is 2.96. The number of esters is 1. The first-order valence-corrected chi connectivity index (χ1v) is 10.2. The van der Waals surface area contributed by atoms with Gasteiger partial charge in [0.25, 0.3) is 0 Å². The number of benzene rings is 2. The van der Waals surface area contributed by atoms with E-state index in [-0.39, 0.29) is 5.97 Å². The second-order valence-corrected chi connectivity index (χ2v) is 6.95. The predicted octanol–water partition coefficient (Wildman–Crippen LogP) is 6.18. The average molecular weight is 385 g/mol. The zero-order valence-electron chi connectivity index (χ0n) is 17.3. The summed E-state index contributed by atoms with van der Waals surface area (Å²) in [6.07, 6.45) is 7.53. The normalized spacial score (nSPS) is 11.8. The lowest BCUT2D eigenvalue weighted by molar-refractivity contribution is 0.0309. The van der Waals surface area contributed by atoms with Gasteiger partial charge in [-0.2, -0.15) is 0 Å². The molecule has 2 rings (SSSR count). The van der Waals surface area contributed by atoms with Crippen molar-refractivity contribution in [2.24, 2.45) is 0 Å². The van der Waals surface area contributed by atoms with Gasteiger partial charge in [-0.1, -0.05) is 51.7 Å². The van der Waals surface area contributed by atoms with E-state index in [1.807, 2.05) is 24.3 Å². The number of carbonyl (C=O) groups excluding carboxylic acids is 1. The van der Waals surface area contributed by atoms with Crippen LogP contribution < -0.4 is 9.47 Å². The van der Waals surface area contributed by atoms with Gasteiger partial charge in [0.1, 0.15) is 11.5 Å². The lowest BCUT2D eigenvalue weighted by Crippen LogP contribution is -2.11. The summed E-state index contributed by atoms with van der Waals surface area (Å²) < 4.78 is 16.6. The van der Waals surface area contributed by atoms with Gasteiger partial charge in [-0.15, -0.1) is 0 Å². The molecule has 0 heterocycles. The maximum atomic E-state index is 12.2. The highest BCUT2D eigenvalue weighted by Crippen LogP contribution is 2.18. The Morgan fingerprint density at radius 1 is 0.893 bits per heavy atom. The second-order valence-electron chi connectivity index (χ2n) is 6.95.